The van der Waals surface area contributed by atoms with Crippen molar-refractivity contribution in [2.24, 2.45) is 0 Å². The molecular formula is C25H25N7O. The zero-order valence-electron chi connectivity index (χ0n) is 18.4. The Morgan fingerprint density at radius 2 is 1.97 bits per heavy atom. The van der Waals surface area contributed by atoms with Gasteiger partial charge in [0.2, 0.25) is 5.95 Å². The summed E-state index contributed by atoms with van der Waals surface area (Å²) in [6.45, 7) is 3.71. The second-order valence-electron chi connectivity index (χ2n) is 8.69. The van der Waals surface area contributed by atoms with Gasteiger partial charge in [-0.2, -0.15) is 4.98 Å². The van der Waals surface area contributed by atoms with Crippen LogP contribution in [0.1, 0.15) is 31.4 Å². The molecule has 8 nitrogen and oxygen atoms in total. The number of nitrogens with zero attached hydrogens (tertiary/aromatic N) is 6. The number of aromatic nitrogens is 4. The van der Waals surface area contributed by atoms with E-state index in [1.807, 2.05) is 56.8 Å². The van der Waals surface area contributed by atoms with Gasteiger partial charge in [-0.15, -0.1) is 0 Å². The zero-order chi connectivity index (χ0) is 22.4. The highest BCUT2D eigenvalue weighted by molar-refractivity contribution is 5.96. The van der Waals surface area contributed by atoms with E-state index in [-0.39, 0.29) is 12.1 Å². The van der Waals surface area contributed by atoms with Gasteiger partial charge in [0.25, 0.3) is 0 Å². The van der Waals surface area contributed by atoms with Crippen LogP contribution in [0.15, 0.2) is 67.1 Å². The number of imidazole rings is 1. The first-order valence-electron chi connectivity index (χ1n) is 11.4. The molecule has 0 aliphatic carbocycles. The SMILES string of the molecule is CC(Nc1nccc(-n2cnc3cc(N4CC5CCCN5C4=O)ccc32)n1)c1ccccc1. The number of benzene rings is 2. The van der Waals surface area contributed by atoms with Crippen LogP contribution in [0, 0.1) is 0 Å². The van der Waals surface area contributed by atoms with E-state index < -0.39 is 0 Å². The second-order valence-corrected chi connectivity index (χ2v) is 8.69. The molecule has 2 fully saturated rings. The van der Waals surface area contributed by atoms with Crippen molar-refractivity contribution < 1.29 is 4.79 Å². The number of amides is 2. The number of fused-ring (bicyclic) bond motifs is 2. The van der Waals surface area contributed by atoms with Crippen molar-refractivity contribution in [1.29, 1.82) is 0 Å². The summed E-state index contributed by atoms with van der Waals surface area (Å²) in [6, 6.07) is 18.6. The van der Waals surface area contributed by atoms with Gasteiger partial charge in [0.1, 0.15) is 12.1 Å². The first-order valence-corrected chi connectivity index (χ1v) is 11.4. The second kappa shape index (κ2) is 7.88. The van der Waals surface area contributed by atoms with Crippen LogP contribution in [0.25, 0.3) is 16.9 Å². The summed E-state index contributed by atoms with van der Waals surface area (Å²) in [6.07, 6.45) is 5.71. The predicted octanol–water partition coefficient (Wildman–Crippen LogP) is 4.39. The van der Waals surface area contributed by atoms with Gasteiger partial charge in [-0.3, -0.25) is 9.47 Å². The molecule has 8 heteroatoms. The molecule has 2 aliphatic rings. The van der Waals surface area contributed by atoms with Crippen molar-refractivity contribution in [3.8, 4) is 5.82 Å². The lowest BCUT2D eigenvalue weighted by Gasteiger charge is -2.17. The fraction of sp³-hybridized carbons (Fsp3) is 0.280. The van der Waals surface area contributed by atoms with Crippen molar-refractivity contribution in [3.63, 3.8) is 0 Å². The van der Waals surface area contributed by atoms with E-state index in [4.69, 9.17) is 4.98 Å². The number of rotatable bonds is 5. The van der Waals surface area contributed by atoms with Gasteiger partial charge in [0.15, 0.2) is 0 Å². The summed E-state index contributed by atoms with van der Waals surface area (Å²) in [5.41, 5.74) is 3.84. The summed E-state index contributed by atoms with van der Waals surface area (Å²) in [7, 11) is 0. The van der Waals surface area contributed by atoms with Crippen molar-refractivity contribution in [3.05, 3.63) is 72.7 Å². The van der Waals surface area contributed by atoms with Gasteiger partial charge < -0.3 is 10.2 Å². The zero-order valence-corrected chi connectivity index (χ0v) is 18.4. The minimum absolute atomic E-state index is 0.0803. The van der Waals surface area contributed by atoms with Crippen LogP contribution in [0.3, 0.4) is 0 Å². The van der Waals surface area contributed by atoms with Crippen molar-refractivity contribution >= 4 is 28.7 Å². The molecule has 4 aromatic rings. The molecule has 2 aromatic heterocycles. The predicted molar refractivity (Wildman–Crippen MR) is 128 cm³/mol. The monoisotopic (exact) mass is 439 g/mol. The van der Waals surface area contributed by atoms with Gasteiger partial charge in [-0.1, -0.05) is 30.3 Å². The highest BCUT2D eigenvalue weighted by atomic mass is 16.2. The molecule has 2 aliphatic heterocycles. The normalized spacial score (nSPS) is 18.7. The molecule has 2 aromatic carbocycles. The van der Waals surface area contributed by atoms with Crippen molar-refractivity contribution in [2.75, 3.05) is 23.3 Å². The topological polar surface area (TPSA) is 79.2 Å². The third-order valence-electron chi connectivity index (χ3n) is 6.62. The van der Waals surface area contributed by atoms with E-state index in [0.29, 0.717) is 12.0 Å². The molecule has 166 valence electrons. The van der Waals surface area contributed by atoms with Crippen LogP contribution in [-0.2, 0) is 0 Å². The van der Waals surface area contributed by atoms with Gasteiger partial charge in [-0.05, 0) is 49.6 Å². The average Bonchev–Trinajstić information content (AvgIpc) is 3.55. The standard InChI is InChI=1S/C25H25N7O/c1-17(18-6-3-2-4-7-18)28-24-26-12-11-23(29-24)32-16-27-21-14-19(9-10-22(21)32)31-15-20-8-5-13-30(20)25(31)33/h2-4,6-7,9-12,14,16-17,20H,5,8,13,15H2,1H3,(H,26,28,29). The number of carbonyl (C=O) groups excluding carboxylic acids is 1. The summed E-state index contributed by atoms with van der Waals surface area (Å²) >= 11 is 0. The van der Waals surface area contributed by atoms with E-state index in [0.717, 1.165) is 48.5 Å². The lowest BCUT2D eigenvalue weighted by atomic mass is 10.1. The number of urea groups is 1. The molecule has 2 amide bonds. The lowest BCUT2D eigenvalue weighted by molar-refractivity contribution is 0.219. The Morgan fingerprint density at radius 1 is 1.09 bits per heavy atom. The van der Waals surface area contributed by atoms with Gasteiger partial charge in [0.05, 0.1) is 23.1 Å². The third kappa shape index (κ3) is 3.47. The molecule has 2 unspecified atom stereocenters. The number of anilines is 2. The van der Waals surface area contributed by atoms with E-state index in [9.17, 15) is 4.79 Å². The van der Waals surface area contributed by atoms with Crippen molar-refractivity contribution in [2.45, 2.75) is 31.8 Å². The highest BCUT2D eigenvalue weighted by Gasteiger charge is 2.40. The minimum atomic E-state index is 0.0803. The maximum absolute atomic E-state index is 12.8. The summed E-state index contributed by atoms with van der Waals surface area (Å²) in [4.78, 5) is 30.3. The Hall–Kier alpha value is -3.94. The lowest BCUT2D eigenvalue weighted by Crippen LogP contribution is -2.31. The van der Waals surface area contributed by atoms with Crippen LogP contribution in [0.5, 0.6) is 0 Å². The largest absolute Gasteiger partial charge is 0.348 e. The van der Waals surface area contributed by atoms with E-state index in [1.165, 1.54) is 5.56 Å². The number of nitrogens with one attached hydrogen (secondary N) is 1. The quantitative estimate of drug-likeness (QED) is 0.499. The van der Waals surface area contributed by atoms with Crippen LogP contribution in [-0.4, -0.2) is 49.6 Å². The van der Waals surface area contributed by atoms with Crippen LogP contribution in [0.2, 0.25) is 0 Å². The molecule has 4 heterocycles. The summed E-state index contributed by atoms with van der Waals surface area (Å²) in [5.74, 6) is 1.30. The average molecular weight is 440 g/mol. The maximum atomic E-state index is 12.8. The van der Waals surface area contributed by atoms with Gasteiger partial charge in [0, 0.05) is 25.0 Å². The van der Waals surface area contributed by atoms with Crippen LogP contribution >= 0.6 is 0 Å². The Kier molecular flexibility index (Phi) is 4.71. The Morgan fingerprint density at radius 3 is 2.82 bits per heavy atom. The molecule has 0 spiro atoms. The molecule has 0 saturated carbocycles. The molecule has 0 bridgehead atoms. The number of carbonyl (C=O) groups is 1. The van der Waals surface area contributed by atoms with Crippen LogP contribution in [0.4, 0.5) is 16.4 Å². The molecule has 6 rings (SSSR count). The Balaban J connectivity index is 1.26. The minimum Gasteiger partial charge on any atom is -0.348 e. The number of hydrogen-bond donors (Lipinski definition) is 1. The van der Waals surface area contributed by atoms with Crippen molar-refractivity contribution in [1.82, 2.24) is 24.4 Å². The maximum Gasteiger partial charge on any atom is 0.324 e. The summed E-state index contributed by atoms with van der Waals surface area (Å²) in [5, 5.41) is 3.37. The smallest absolute Gasteiger partial charge is 0.324 e. The van der Waals surface area contributed by atoms with E-state index >= 15 is 0 Å². The number of hydrogen-bond acceptors (Lipinski definition) is 5. The molecule has 0 radical (unpaired) electrons. The van der Waals surface area contributed by atoms with Gasteiger partial charge >= 0.3 is 6.03 Å². The Labute approximate surface area is 191 Å². The molecule has 1 N–H and O–H groups in total. The molecule has 2 saturated heterocycles. The first-order chi connectivity index (χ1) is 16.2. The highest BCUT2D eigenvalue weighted by Crippen LogP contribution is 2.32. The molecule has 2 atom stereocenters. The van der Waals surface area contributed by atoms with E-state index in [2.05, 4.69) is 34.3 Å². The fourth-order valence-corrected chi connectivity index (χ4v) is 4.86. The first kappa shape index (κ1) is 19.7. The van der Waals surface area contributed by atoms with E-state index in [1.54, 1.807) is 12.5 Å². The van der Waals surface area contributed by atoms with Gasteiger partial charge in [-0.25, -0.2) is 14.8 Å². The third-order valence-corrected chi connectivity index (χ3v) is 6.62. The Bertz CT molecular complexity index is 1320. The van der Waals surface area contributed by atoms with Crippen LogP contribution < -0.4 is 10.2 Å². The molecular weight excluding hydrogens is 414 g/mol. The fourth-order valence-electron chi connectivity index (χ4n) is 4.86. The molecule has 33 heavy (non-hydrogen) atoms. The summed E-state index contributed by atoms with van der Waals surface area (Å²) < 4.78 is 1.95.